The van der Waals surface area contributed by atoms with E-state index in [1.807, 2.05) is 29.2 Å². The van der Waals surface area contributed by atoms with E-state index in [1.54, 1.807) is 17.0 Å². The summed E-state index contributed by atoms with van der Waals surface area (Å²) in [5, 5.41) is 3.53. The molecule has 1 fully saturated rings. The number of anilines is 2. The Balaban J connectivity index is 1.58. The molecule has 2 aliphatic heterocycles. The lowest BCUT2D eigenvalue weighted by molar-refractivity contribution is -0.133. The Morgan fingerprint density at radius 2 is 1.73 bits per heavy atom. The lowest BCUT2D eigenvalue weighted by Gasteiger charge is -2.39. The van der Waals surface area contributed by atoms with Crippen molar-refractivity contribution in [3.63, 3.8) is 0 Å². The van der Waals surface area contributed by atoms with Crippen molar-refractivity contribution in [2.45, 2.75) is 45.6 Å². The van der Waals surface area contributed by atoms with Crippen LogP contribution in [-0.4, -0.2) is 42.1 Å². The highest BCUT2D eigenvalue weighted by Gasteiger charge is 2.42. The van der Waals surface area contributed by atoms with E-state index in [1.165, 1.54) is 12.1 Å². The lowest BCUT2D eigenvalue weighted by Crippen LogP contribution is -2.47. The normalized spacial score (nSPS) is 21.6. The smallest absolute Gasteiger partial charge is 0.242 e. The number of Topliss-reactive ketones (excluding diaryl/α,β-unsaturated/α-hetero) is 1. The fourth-order valence-corrected chi connectivity index (χ4v) is 5.88. The maximum absolute atomic E-state index is 13.9. The number of carbonyl (C=O) groups is 3. The first kappa shape index (κ1) is 25.0. The number of hydrogen-bond donors (Lipinski definition) is 2. The molecule has 8 heteroatoms. The van der Waals surface area contributed by atoms with Gasteiger partial charge in [-0.3, -0.25) is 14.4 Å². The predicted octanol–water partition coefficient (Wildman–Crippen LogP) is 4.17. The van der Waals surface area contributed by atoms with Gasteiger partial charge < -0.3 is 20.9 Å². The van der Waals surface area contributed by atoms with Crippen molar-refractivity contribution in [1.29, 1.82) is 0 Å². The van der Waals surface area contributed by atoms with E-state index >= 15 is 0 Å². The minimum Gasteiger partial charge on any atom is -0.369 e. The van der Waals surface area contributed by atoms with Gasteiger partial charge in [0.15, 0.2) is 5.78 Å². The Labute approximate surface area is 216 Å². The summed E-state index contributed by atoms with van der Waals surface area (Å²) in [7, 11) is 0. The second-order valence-electron chi connectivity index (χ2n) is 11.1. The van der Waals surface area contributed by atoms with Gasteiger partial charge in [-0.15, -0.1) is 0 Å². The maximum Gasteiger partial charge on any atom is 0.242 e. The van der Waals surface area contributed by atoms with E-state index in [0.717, 1.165) is 22.6 Å². The molecule has 3 aliphatic rings. The second-order valence-corrected chi connectivity index (χ2v) is 11.1. The summed E-state index contributed by atoms with van der Waals surface area (Å²) in [4.78, 5) is 42.7. The highest BCUT2D eigenvalue weighted by molar-refractivity contribution is 6.02. The van der Waals surface area contributed by atoms with Crippen molar-refractivity contribution in [1.82, 2.24) is 4.90 Å². The monoisotopic (exact) mass is 504 g/mol. The van der Waals surface area contributed by atoms with Gasteiger partial charge in [-0.25, -0.2) is 4.39 Å². The molecule has 0 spiro atoms. The first-order valence-corrected chi connectivity index (χ1v) is 12.8. The summed E-state index contributed by atoms with van der Waals surface area (Å²) in [6.45, 7) is 5.12. The molecule has 1 unspecified atom stereocenters. The van der Waals surface area contributed by atoms with Gasteiger partial charge in [-0.2, -0.15) is 0 Å². The molecule has 1 aliphatic carbocycles. The average molecular weight is 505 g/mol. The summed E-state index contributed by atoms with van der Waals surface area (Å²) < 4.78 is 13.9. The number of nitrogens with one attached hydrogen (secondary N) is 1. The van der Waals surface area contributed by atoms with Crippen molar-refractivity contribution in [3.8, 4) is 0 Å². The molecular formula is C29H33FN4O3. The van der Waals surface area contributed by atoms with Gasteiger partial charge in [0.2, 0.25) is 11.8 Å². The van der Waals surface area contributed by atoms with Crippen molar-refractivity contribution >= 4 is 29.0 Å². The Morgan fingerprint density at radius 1 is 1.05 bits per heavy atom. The van der Waals surface area contributed by atoms with Gasteiger partial charge in [-0.05, 0) is 54.5 Å². The molecule has 0 saturated carbocycles. The van der Waals surface area contributed by atoms with E-state index in [9.17, 15) is 18.8 Å². The van der Waals surface area contributed by atoms with Crippen LogP contribution in [0.5, 0.6) is 0 Å². The van der Waals surface area contributed by atoms with E-state index in [2.05, 4.69) is 19.2 Å². The number of carbonyl (C=O) groups excluding carboxylic acids is 3. The topological polar surface area (TPSA) is 95.7 Å². The third-order valence-electron chi connectivity index (χ3n) is 7.75. The molecule has 194 valence electrons. The van der Waals surface area contributed by atoms with Crippen molar-refractivity contribution in [3.05, 3.63) is 71.2 Å². The van der Waals surface area contributed by atoms with Crippen LogP contribution in [0.25, 0.3) is 0 Å². The van der Waals surface area contributed by atoms with Crippen LogP contribution in [0.4, 0.5) is 15.8 Å². The Hall–Kier alpha value is -3.68. The molecule has 2 amide bonds. The van der Waals surface area contributed by atoms with Gasteiger partial charge >= 0.3 is 0 Å². The number of rotatable bonds is 4. The fourth-order valence-electron chi connectivity index (χ4n) is 5.88. The number of allylic oxidation sites excluding steroid dienone is 1. The predicted molar refractivity (Wildman–Crippen MR) is 140 cm³/mol. The zero-order valence-corrected chi connectivity index (χ0v) is 21.3. The summed E-state index contributed by atoms with van der Waals surface area (Å²) in [5.41, 5.74) is 9.12. The number of piperidine rings is 1. The molecule has 3 N–H and O–H groups in total. The van der Waals surface area contributed by atoms with Crippen LogP contribution in [0, 0.1) is 17.2 Å². The number of nitrogens with zero attached hydrogens (tertiary/aromatic N) is 2. The molecule has 0 aromatic heterocycles. The molecule has 1 atom stereocenters. The minimum atomic E-state index is -0.553. The quantitative estimate of drug-likeness (QED) is 0.652. The zero-order valence-electron chi connectivity index (χ0n) is 21.3. The van der Waals surface area contributed by atoms with Crippen LogP contribution < -0.4 is 16.0 Å². The summed E-state index contributed by atoms with van der Waals surface area (Å²) >= 11 is 0. The summed E-state index contributed by atoms with van der Waals surface area (Å²) in [5.74, 6) is -0.955. The zero-order chi connectivity index (χ0) is 26.3. The fraction of sp³-hybridized carbons (Fsp3) is 0.414. The summed E-state index contributed by atoms with van der Waals surface area (Å²) in [6.07, 6.45) is 2.17. The number of fused-ring (bicyclic) bond motifs is 1. The molecule has 2 heterocycles. The van der Waals surface area contributed by atoms with E-state index in [0.29, 0.717) is 44.3 Å². The second kappa shape index (κ2) is 9.65. The molecule has 2 aromatic rings. The van der Waals surface area contributed by atoms with Crippen molar-refractivity contribution < 1.29 is 18.8 Å². The third-order valence-corrected chi connectivity index (χ3v) is 7.75. The van der Waals surface area contributed by atoms with Crippen LogP contribution in [0.3, 0.4) is 0 Å². The van der Waals surface area contributed by atoms with E-state index < -0.39 is 6.04 Å². The van der Waals surface area contributed by atoms with Crippen LogP contribution in [-0.2, 0) is 14.4 Å². The number of primary amides is 1. The van der Waals surface area contributed by atoms with Gasteiger partial charge in [0.1, 0.15) is 5.82 Å². The van der Waals surface area contributed by atoms with Crippen LogP contribution >= 0.6 is 0 Å². The number of likely N-dealkylation sites (tertiary alicyclic amines) is 1. The minimum absolute atomic E-state index is 0.0283. The van der Waals surface area contributed by atoms with E-state index in [4.69, 9.17) is 5.73 Å². The number of amides is 2. The molecule has 7 nitrogen and oxygen atoms in total. The SMILES string of the molecule is CC1(C)CC(=O)C2=C(C1)Nc1ccccc1N(CC(=O)N1CCC(C(N)=O)CC1)C2c1ccc(F)cc1. The number of benzene rings is 2. The Kier molecular flexibility index (Phi) is 6.52. The highest BCUT2D eigenvalue weighted by Crippen LogP contribution is 2.48. The number of hydrogen-bond acceptors (Lipinski definition) is 5. The first-order valence-electron chi connectivity index (χ1n) is 12.8. The Bertz CT molecular complexity index is 1260. The van der Waals surface area contributed by atoms with Gasteiger partial charge in [0.25, 0.3) is 0 Å². The average Bonchev–Trinajstić information content (AvgIpc) is 2.98. The van der Waals surface area contributed by atoms with E-state index in [-0.39, 0.29) is 41.3 Å². The number of ketones is 1. The molecule has 5 rings (SSSR count). The molecule has 37 heavy (non-hydrogen) atoms. The van der Waals surface area contributed by atoms with Crippen LogP contribution in [0.1, 0.15) is 51.1 Å². The van der Waals surface area contributed by atoms with Gasteiger partial charge in [0, 0.05) is 36.7 Å². The van der Waals surface area contributed by atoms with Crippen molar-refractivity contribution in [2.24, 2.45) is 17.1 Å². The highest BCUT2D eigenvalue weighted by atomic mass is 19.1. The third kappa shape index (κ3) is 4.97. The van der Waals surface area contributed by atoms with Gasteiger partial charge in [-0.1, -0.05) is 38.1 Å². The molecular weight excluding hydrogens is 471 g/mol. The number of halogens is 1. The van der Waals surface area contributed by atoms with Gasteiger partial charge in [0.05, 0.1) is 24.0 Å². The summed E-state index contributed by atoms with van der Waals surface area (Å²) in [6, 6.07) is 13.4. The van der Waals surface area contributed by atoms with Crippen molar-refractivity contribution in [2.75, 3.05) is 29.9 Å². The lowest BCUT2D eigenvalue weighted by atomic mass is 9.73. The Morgan fingerprint density at radius 3 is 2.41 bits per heavy atom. The number of para-hydroxylation sites is 2. The standard InChI is InChI=1S/C29H33FN4O3/c1-29(2)15-22-26(24(35)16-29)27(18-7-9-20(30)10-8-18)34(23-6-4-3-5-21(23)32-22)17-25(36)33-13-11-19(12-14-33)28(31)37/h3-10,19,27,32H,11-17H2,1-2H3,(H2,31,37). The van der Waals surface area contributed by atoms with Crippen LogP contribution in [0.15, 0.2) is 59.8 Å². The molecule has 2 aromatic carbocycles. The first-order chi connectivity index (χ1) is 17.6. The molecule has 0 radical (unpaired) electrons. The molecule has 0 bridgehead atoms. The van der Waals surface area contributed by atoms with Crippen LogP contribution in [0.2, 0.25) is 0 Å². The molecule has 1 saturated heterocycles. The maximum atomic E-state index is 13.9. The number of nitrogens with two attached hydrogens (primary N) is 1. The largest absolute Gasteiger partial charge is 0.369 e.